The Kier molecular flexibility index (Phi) is 7.31. The van der Waals surface area contributed by atoms with Gasteiger partial charge in [0, 0.05) is 33.1 Å². The molecule has 0 saturated heterocycles. The molecule has 1 heterocycles. The fraction of sp³-hybridized carbons (Fsp3) is 0.0526. The maximum atomic E-state index is 6.30. The lowest BCUT2D eigenvalue weighted by atomic mass is 9.81. The van der Waals surface area contributed by atoms with Crippen LogP contribution in [0, 0.1) is 0 Å². The molecule has 0 spiro atoms. The number of anilines is 3. The number of furan rings is 1. The summed E-state index contributed by atoms with van der Waals surface area (Å²) in [5.74, 6) is 0. The Labute approximate surface area is 343 Å². The molecular weight excluding hydrogens is 715 g/mol. The zero-order valence-electron chi connectivity index (χ0n) is 32.9. The van der Waals surface area contributed by atoms with E-state index in [1.807, 2.05) is 12.1 Å². The predicted molar refractivity (Wildman–Crippen MR) is 249 cm³/mol. The first kappa shape index (κ1) is 33.7. The molecule has 2 heteroatoms. The van der Waals surface area contributed by atoms with E-state index in [2.05, 4.69) is 207 Å². The molecule has 10 aromatic carbocycles. The molecule has 2 nitrogen and oxygen atoms in total. The average molecular weight is 754 g/mol. The highest BCUT2D eigenvalue weighted by Gasteiger charge is 2.36. The first-order chi connectivity index (χ1) is 29.0. The summed E-state index contributed by atoms with van der Waals surface area (Å²) in [6, 6.07) is 73.4. The Morgan fingerprint density at radius 3 is 1.80 bits per heavy atom. The number of hydrogen-bond donors (Lipinski definition) is 0. The molecule has 278 valence electrons. The van der Waals surface area contributed by atoms with Gasteiger partial charge in [-0.25, -0.2) is 0 Å². The van der Waals surface area contributed by atoms with Gasteiger partial charge in [-0.2, -0.15) is 0 Å². The highest BCUT2D eigenvalue weighted by atomic mass is 16.3. The second-order valence-corrected chi connectivity index (χ2v) is 16.5. The second kappa shape index (κ2) is 12.8. The van der Waals surface area contributed by atoms with Crippen molar-refractivity contribution >= 4 is 71.3 Å². The Hall–Kier alpha value is -7.42. The zero-order chi connectivity index (χ0) is 39.2. The van der Waals surface area contributed by atoms with Crippen LogP contribution in [-0.4, -0.2) is 0 Å². The Morgan fingerprint density at radius 2 is 0.983 bits per heavy atom. The minimum atomic E-state index is -0.183. The third kappa shape index (κ3) is 5.20. The van der Waals surface area contributed by atoms with Crippen molar-refractivity contribution in [2.45, 2.75) is 19.3 Å². The predicted octanol–water partition coefficient (Wildman–Crippen LogP) is 16.2. The molecule has 0 radical (unpaired) electrons. The van der Waals surface area contributed by atoms with Gasteiger partial charge in [0.05, 0.1) is 5.69 Å². The molecule has 12 rings (SSSR count). The molecule has 0 bridgehead atoms. The summed E-state index contributed by atoms with van der Waals surface area (Å²) >= 11 is 0. The first-order valence-corrected chi connectivity index (χ1v) is 20.5. The van der Waals surface area contributed by atoms with Gasteiger partial charge in [-0.15, -0.1) is 0 Å². The Bertz CT molecular complexity index is 3470. The van der Waals surface area contributed by atoms with Crippen molar-refractivity contribution < 1.29 is 4.42 Å². The number of hydrogen-bond acceptors (Lipinski definition) is 2. The molecule has 0 atom stereocenters. The van der Waals surface area contributed by atoms with Gasteiger partial charge < -0.3 is 9.32 Å². The number of para-hydroxylation sites is 1. The summed E-state index contributed by atoms with van der Waals surface area (Å²) in [5, 5.41) is 9.74. The summed E-state index contributed by atoms with van der Waals surface area (Å²) < 4.78 is 6.30. The fourth-order valence-electron chi connectivity index (χ4n) is 9.86. The summed E-state index contributed by atoms with van der Waals surface area (Å²) in [7, 11) is 0. The number of benzene rings is 10. The van der Waals surface area contributed by atoms with Crippen LogP contribution in [0.5, 0.6) is 0 Å². The molecule has 0 unspecified atom stereocenters. The van der Waals surface area contributed by atoms with Crippen molar-refractivity contribution in [3.8, 4) is 33.4 Å². The number of nitrogens with zero attached hydrogens (tertiary/aromatic N) is 1. The van der Waals surface area contributed by atoms with Gasteiger partial charge in [-0.05, 0) is 132 Å². The third-order valence-electron chi connectivity index (χ3n) is 12.8. The lowest BCUT2D eigenvalue weighted by molar-refractivity contribution is 0.661. The number of rotatable bonds is 5. The van der Waals surface area contributed by atoms with Crippen LogP contribution in [0.2, 0.25) is 0 Å². The van der Waals surface area contributed by atoms with E-state index in [1.165, 1.54) is 65.7 Å². The van der Waals surface area contributed by atoms with E-state index in [0.29, 0.717) is 0 Å². The van der Waals surface area contributed by atoms with Gasteiger partial charge in [0.25, 0.3) is 0 Å². The van der Waals surface area contributed by atoms with Crippen molar-refractivity contribution in [2.24, 2.45) is 0 Å². The van der Waals surface area contributed by atoms with Gasteiger partial charge >= 0.3 is 0 Å². The SMILES string of the molecule is CC1(C)c2cc(N(c3ccc(-c4ccc5c(c4)oc4ccccc45)cc3)c3ccc4ccccc4c3-c3cccc4ccccc34)ccc2-c2cc3ccccc3cc21. The Balaban J connectivity index is 1.07. The molecule has 0 aliphatic heterocycles. The lowest BCUT2D eigenvalue weighted by Crippen LogP contribution is -2.17. The van der Waals surface area contributed by atoms with Crippen LogP contribution < -0.4 is 4.90 Å². The maximum Gasteiger partial charge on any atom is 0.136 e. The smallest absolute Gasteiger partial charge is 0.136 e. The molecule has 1 aromatic heterocycles. The molecule has 0 saturated carbocycles. The van der Waals surface area contributed by atoms with Crippen LogP contribution >= 0.6 is 0 Å². The Morgan fingerprint density at radius 1 is 0.373 bits per heavy atom. The van der Waals surface area contributed by atoms with Crippen molar-refractivity contribution in [3.63, 3.8) is 0 Å². The molecule has 0 N–H and O–H groups in total. The summed E-state index contributed by atoms with van der Waals surface area (Å²) in [4.78, 5) is 2.48. The third-order valence-corrected chi connectivity index (χ3v) is 12.8. The lowest BCUT2D eigenvalue weighted by Gasteiger charge is -2.31. The van der Waals surface area contributed by atoms with Gasteiger partial charge in [0.1, 0.15) is 11.2 Å². The molecule has 11 aromatic rings. The highest BCUT2D eigenvalue weighted by molar-refractivity contribution is 6.12. The molecular formula is C57H39NO. The van der Waals surface area contributed by atoms with Gasteiger partial charge in [-0.1, -0.05) is 153 Å². The maximum absolute atomic E-state index is 6.30. The van der Waals surface area contributed by atoms with Gasteiger partial charge in [0.2, 0.25) is 0 Å². The standard InChI is InChI=1S/C57H39NO/c1-57(2)51-33-40-15-4-3-14-39(40)32-50(51)46-30-28-43(35-52(46)57)58(42-26-22-36(23-27-42)41-24-29-48-47-19-9-10-21-54(47)59-55(48)34-41)53-31-25-38-13-6-8-18-45(38)56(53)49-20-11-16-37-12-5-7-17-44(37)49/h3-35H,1-2H3. The number of fused-ring (bicyclic) bond motifs is 9. The topological polar surface area (TPSA) is 16.4 Å². The van der Waals surface area contributed by atoms with E-state index in [0.717, 1.165) is 50.1 Å². The second-order valence-electron chi connectivity index (χ2n) is 16.5. The summed E-state index contributed by atoms with van der Waals surface area (Å²) in [6.45, 7) is 4.76. The van der Waals surface area contributed by atoms with Crippen LogP contribution in [0.3, 0.4) is 0 Å². The van der Waals surface area contributed by atoms with Crippen molar-refractivity contribution in [1.29, 1.82) is 0 Å². The van der Waals surface area contributed by atoms with E-state index in [4.69, 9.17) is 4.42 Å². The molecule has 59 heavy (non-hydrogen) atoms. The van der Waals surface area contributed by atoms with Gasteiger partial charge in [-0.3, -0.25) is 0 Å². The quantitative estimate of drug-likeness (QED) is 0.174. The van der Waals surface area contributed by atoms with E-state index >= 15 is 0 Å². The largest absolute Gasteiger partial charge is 0.456 e. The summed E-state index contributed by atoms with van der Waals surface area (Å²) in [6.07, 6.45) is 0. The highest BCUT2D eigenvalue weighted by Crippen LogP contribution is 2.53. The fourth-order valence-corrected chi connectivity index (χ4v) is 9.86. The van der Waals surface area contributed by atoms with Crippen LogP contribution in [0.15, 0.2) is 205 Å². The normalized spacial score (nSPS) is 13.1. The van der Waals surface area contributed by atoms with E-state index in [-0.39, 0.29) is 5.41 Å². The van der Waals surface area contributed by atoms with E-state index < -0.39 is 0 Å². The van der Waals surface area contributed by atoms with Crippen molar-refractivity contribution in [2.75, 3.05) is 4.90 Å². The first-order valence-electron chi connectivity index (χ1n) is 20.5. The van der Waals surface area contributed by atoms with Crippen molar-refractivity contribution in [3.05, 3.63) is 211 Å². The molecule has 0 fully saturated rings. The molecule has 0 amide bonds. The van der Waals surface area contributed by atoms with Crippen LogP contribution in [0.25, 0.3) is 87.6 Å². The van der Waals surface area contributed by atoms with E-state index in [1.54, 1.807) is 0 Å². The van der Waals surface area contributed by atoms with E-state index in [9.17, 15) is 0 Å². The average Bonchev–Trinajstić information content (AvgIpc) is 3.76. The van der Waals surface area contributed by atoms with Crippen molar-refractivity contribution in [1.82, 2.24) is 0 Å². The summed E-state index contributed by atoms with van der Waals surface area (Å²) in [5.41, 5.74) is 15.0. The van der Waals surface area contributed by atoms with Crippen LogP contribution in [-0.2, 0) is 5.41 Å². The minimum absolute atomic E-state index is 0.183. The molecule has 1 aliphatic rings. The zero-order valence-corrected chi connectivity index (χ0v) is 32.9. The monoisotopic (exact) mass is 753 g/mol. The minimum Gasteiger partial charge on any atom is -0.456 e. The molecule has 1 aliphatic carbocycles. The van der Waals surface area contributed by atoms with Crippen LogP contribution in [0.4, 0.5) is 17.1 Å². The van der Waals surface area contributed by atoms with Crippen LogP contribution in [0.1, 0.15) is 25.0 Å². The van der Waals surface area contributed by atoms with Gasteiger partial charge in [0.15, 0.2) is 0 Å².